The molecule has 102 valence electrons. The normalized spacial score (nSPS) is 24.6. The molecule has 1 atom stereocenters. The largest absolute Gasteiger partial charge is 0.317 e. The second kappa shape index (κ2) is 5.72. The van der Waals surface area contributed by atoms with Crippen molar-refractivity contribution in [3.63, 3.8) is 0 Å². The van der Waals surface area contributed by atoms with Gasteiger partial charge in [-0.2, -0.15) is 0 Å². The van der Waals surface area contributed by atoms with Crippen molar-refractivity contribution in [2.24, 2.45) is 5.92 Å². The minimum absolute atomic E-state index is 0.0867. The Morgan fingerprint density at radius 2 is 1.89 bits per heavy atom. The quantitative estimate of drug-likeness (QED) is 0.883. The molecule has 0 saturated carbocycles. The topological polar surface area (TPSA) is 41.6 Å². The van der Waals surface area contributed by atoms with Gasteiger partial charge < -0.3 is 5.32 Å². The molecule has 0 spiro atoms. The molecule has 19 heavy (non-hydrogen) atoms. The van der Waals surface area contributed by atoms with Gasteiger partial charge in [-0.1, -0.05) is 30.3 Å². The van der Waals surface area contributed by atoms with Gasteiger partial charge in [0.05, 0.1) is 12.6 Å². The number of carbonyl (C=O) groups excluding carboxylic acids is 1. The Bertz CT molecular complexity index is 429. The zero-order chi connectivity index (χ0) is 13.1. The van der Waals surface area contributed by atoms with Crippen molar-refractivity contribution in [2.45, 2.75) is 25.3 Å². The van der Waals surface area contributed by atoms with Gasteiger partial charge in [0, 0.05) is 12.3 Å². The summed E-state index contributed by atoms with van der Waals surface area (Å²) in [7, 11) is 0. The van der Waals surface area contributed by atoms with Gasteiger partial charge >= 0.3 is 0 Å². The standard InChI is InChI=1S/C15H20N2O2/c18-15(13-6-9-16-10-7-13)17-14(8-11-19-17)12-4-2-1-3-5-12/h1-5,13-14,16H,6-11H2. The van der Waals surface area contributed by atoms with E-state index in [4.69, 9.17) is 4.84 Å². The van der Waals surface area contributed by atoms with Gasteiger partial charge in [-0.25, -0.2) is 5.06 Å². The number of nitrogens with zero attached hydrogens (tertiary/aromatic N) is 1. The molecule has 2 heterocycles. The van der Waals surface area contributed by atoms with Crippen molar-refractivity contribution in [3.8, 4) is 0 Å². The third-order valence-corrected chi connectivity index (χ3v) is 3.99. The minimum Gasteiger partial charge on any atom is -0.317 e. The monoisotopic (exact) mass is 260 g/mol. The van der Waals surface area contributed by atoms with Crippen LogP contribution in [0.15, 0.2) is 30.3 Å². The molecule has 0 bridgehead atoms. The predicted octanol–water partition coefficient (Wildman–Crippen LogP) is 1.89. The number of hydrogen-bond donors (Lipinski definition) is 1. The van der Waals surface area contributed by atoms with E-state index < -0.39 is 0 Å². The highest BCUT2D eigenvalue weighted by molar-refractivity contribution is 5.78. The molecule has 4 nitrogen and oxygen atoms in total. The second-order valence-electron chi connectivity index (χ2n) is 5.24. The van der Waals surface area contributed by atoms with E-state index in [0.29, 0.717) is 6.61 Å². The first-order valence-electron chi connectivity index (χ1n) is 7.08. The highest BCUT2D eigenvalue weighted by Crippen LogP contribution is 2.32. The fraction of sp³-hybridized carbons (Fsp3) is 0.533. The number of benzene rings is 1. The van der Waals surface area contributed by atoms with E-state index in [1.165, 1.54) is 5.56 Å². The molecule has 1 aromatic carbocycles. The molecule has 2 aliphatic heterocycles. The van der Waals surface area contributed by atoms with E-state index in [-0.39, 0.29) is 17.9 Å². The van der Waals surface area contributed by atoms with Crippen molar-refractivity contribution in [3.05, 3.63) is 35.9 Å². The Kier molecular flexibility index (Phi) is 3.80. The van der Waals surface area contributed by atoms with Gasteiger partial charge in [0.1, 0.15) is 0 Å². The summed E-state index contributed by atoms with van der Waals surface area (Å²) in [6, 6.07) is 10.3. The molecule has 2 saturated heterocycles. The van der Waals surface area contributed by atoms with Crippen LogP contribution >= 0.6 is 0 Å². The summed E-state index contributed by atoms with van der Waals surface area (Å²) in [5.74, 6) is 0.276. The van der Waals surface area contributed by atoms with Crippen LogP contribution < -0.4 is 5.32 Å². The van der Waals surface area contributed by atoms with Gasteiger partial charge in [0.25, 0.3) is 0 Å². The second-order valence-corrected chi connectivity index (χ2v) is 5.24. The zero-order valence-corrected chi connectivity index (χ0v) is 11.0. The first kappa shape index (κ1) is 12.6. The molecule has 1 amide bonds. The first-order chi connectivity index (χ1) is 9.36. The van der Waals surface area contributed by atoms with Crippen LogP contribution in [0.3, 0.4) is 0 Å². The van der Waals surface area contributed by atoms with Crippen molar-refractivity contribution in [1.82, 2.24) is 10.4 Å². The van der Waals surface area contributed by atoms with E-state index in [1.807, 2.05) is 18.2 Å². The third kappa shape index (κ3) is 2.65. The molecule has 0 radical (unpaired) electrons. The van der Waals surface area contributed by atoms with Crippen LogP contribution in [-0.4, -0.2) is 30.7 Å². The maximum absolute atomic E-state index is 12.6. The lowest BCUT2D eigenvalue weighted by molar-refractivity contribution is -0.182. The Hall–Kier alpha value is -1.39. The molecular weight excluding hydrogens is 240 g/mol. The summed E-state index contributed by atoms with van der Waals surface area (Å²) < 4.78 is 0. The smallest absolute Gasteiger partial charge is 0.249 e. The van der Waals surface area contributed by atoms with E-state index in [2.05, 4.69) is 17.4 Å². The highest BCUT2D eigenvalue weighted by atomic mass is 16.7. The fourth-order valence-corrected chi connectivity index (χ4v) is 2.91. The molecule has 4 heteroatoms. The number of piperidine rings is 1. The van der Waals surface area contributed by atoms with Crippen molar-refractivity contribution in [1.29, 1.82) is 0 Å². The molecule has 2 fully saturated rings. The molecular formula is C15H20N2O2. The van der Waals surface area contributed by atoms with E-state index >= 15 is 0 Å². The lowest BCUT2D eigenvalue weighted by atomic mass is 9.95. The Morgan fingerprint density at radius 1 is 1.16 bits per heavy atom. The minimum atomic E-state index is 0.0867. The zero-order valence-electron chi connectivity index (χ0n) is 11.0. The molecule has 3 rings (SSSR count). The molecule has 0 aliphatic carbocycles. The number of hydroxylamine groups is 2. The summed E-state index contributed by atoms with van der Waals surface area (Å²) in [6.07, 6.45) is 2.72. The van der Waals surface area contributed by atoms with Crippen molar-refractivity contribution >= 4 is 5.91 Å². The van der Waals surface area contributed by atoms with Crippen LogP contribution in [0.5, 0.6) is 0 Å². The third-order valence-electron chi connectivity index (χ3n) is 3.99. The van der Waals surface area contributed by atoms with Gasteiger partial charge in [-0.15, -0.1) is 0 Å². The van der Waals surface area contributed by atoms with E-state index in [9.17, 15) is 4.79 Å². The number of nitrogens with one attached hydrogen (secondary N) is 1. The number of carbonyl (C=O) groups is 1. The van der Waals surface area contributed by atoms with Crippen LogP contribution in [0.1, 0.15) is 30.9 Å². The predicted molar refractivity (Wildman–Crippen MR) is 72.2 cm³/mol. The van der Waals surface area contributed by atoms with E-state index in [0.717, 1.165) is 32.4 Å². The summed E-state index contributed by atoms with van der Waals surface area (Å²) in [6.45, 7) is 2.50. The molecule has 0 aromatic heterocycles. The molecule has 2 aliphatic rings. The Labute approximate surface area is 113 Å². The Balaban J connectivity index is 1.74. The van der Waals surface area contributed by atoms with Crippen LogP contribution in [-0.2, 0) is 9.63 Å². The summed E-state index contributed by atoms with van der Waals surface area (Å²) >= 11 is 0. The van der Waals surface area contributed by atoms with E-state index in [1.54, 1.807) is 5.06 Å². The van der Waals surface area contributed by atoms with Crippen LogP contribution in [0.2, 0.25) is 0 Å². The van der Waals surface area contributed by atoms with Crippen LogP contribution in [0, 0.1) is 5.92 Å². The van der Waals surface area contributed by atoms with Crippen LogP contribution in [0.25, 0.3) is 0 Å². The van der Waals surface area contributed by atoms with Gasteiger partial charge in [-0.05, 0) is 31.5 Å². The first-order valence-corrected chi connectivity index (χ1v) is 7.08. The van der Waals surface area contributed by atoms with Gasteiger partial charge in [0.15, 0.2) is 0 Å². The Morgan fingerprint density at radius 3 is 2.63 bits per heavy atom. The lowest BCUT2D eigenvalue weighted by Crippen LogP contribution is -2.40. The summed E-state index contributed by atoms with van der Waals surface area (Å²) in [5.41, 5.74) is 1.17. The van der Waals surface area contributed by atoms with Gasteiger partial charge in [0.2, 0.25) is 5.91 Å². The summed E-state index contributed by atoms with van der Waals surface area (Å²) in [4.78, 5) is 18.2. The number of rotatable bonds is 2. The molecule has 1 unspecified atom stereocenters. The van der Waals surface area contributed by atoms with Crippen molar-refractivity contribution in [2.75, 3.05) is 19.7 Å². The fourth-order valence-electron chi connectivity index (χ4n) is 2.91. The SMILES string of the molecule is O=C(C1CCNCC1)N1OCCC1c1ccccc1. The molecule has 1 aromatic rings. The average Bonchev–Trinajstić information content (AvgIpc) is 2.98. The van der Waals surface area contributed by atoms with Crippen molar-refractivity contribution < 1.29 is 9.63 Å². The number of amides is 1. The maximum Gasteiger partial charge on any atom is 0.249 e. The average molecular weight is 260 g/mol. The van der Waals surface area contributed by atoms with Gasteiger partial charge in [-0.3, -0.25) is 9.63 Å². The number of hydrogen-bond acceptors (Lipinski definition) is 3. The highest BCUT2D eigenvalue weighted by Gasteiger charge is 2.35. The van der Waals surface area contributed by atoms with Crippen LogP contribution in [0.4, 0.5) is 0 Å². The molecule has 1 N–H and O–H groups in total. The summed E-state index contributed by atoms with van der Waals surface area (Å²) in [5, 5.41) is 4.92. The maximum atomic E-state index is 12.6. The lowest BCUT2D eigenvalue weighted by Gasteiger charge is -2.29.